The van der Waals surface area contributed by atoms with Crippen molar-refractivity contribution in [2.24, 2.45) is 0 Å². The molecule has 172 valence electrons. The van der Waals surface area contributed by atoms with E-state index in [2.05, 4.69) is 29.2 Å². The monoisotopic (exact) mass is 443 g/mol. The van der Waals surface area contributed by atoms with Crippen molar-refractivity contribution in [2.45, 2.75) is 58.3 Å². The smallest absolute Gasteiger partial charge is 0.313 e. The van der Waals surface area contributed by atoms with Gasteiger partial charge in [-0.15, -0.1) is 0 Å². The maximum Gasteiger partial charge on any atom is 0.313 e. The predicted octanol–water partition coefficient (Wildman–Crippen LogP) is 5.60. The Morgan fingerprint density at radius 2 is 1.15 bits per heavy atom. The van der Waals surface area contributed by atoms with Crippen molar-refractivity contribution in [3.63, 3.8) is 0 Å². The highest BCUT2D eigenvalue weighted by Crippen LogP contribution is 2.20. The number of carbonyl (C=O) groups is 2. The van der Waals surface area contributed by atoms with E-state index in [1.54, 1.807) is 0 Å². The molecule has 0 heterocycles. The molecular formula is C29H33NO3. The highest BCUT2D eigenvalue weighted by molar-refractivity contribution is 5.98. The van der Waals surface area contributed by atoms with Gasteiger partial charge in [0.1, 0.15) is 12.0 Å². The van der Waals surface area contributed by atoms with E-state index in [-0.39, 0.29) is 12.2 Å². The molecule has 0 spiro atoms. The number of Topliss-reactive ketones (excluding diaryl/α,β-unsaturated/α-hetero) is 1. The fourth-order valence-corrected chi connectivity index (χ4v) is 3.83. The van der Waals surface area contributed by atoms with Gasteiger partial charge in [-0.3, -0.25) is 14.5 Å². The molecule has 0 unspecified atom stereocenters. The number of benzene rings is 3. The number of ketones is 1. The molecule has 0 fully saturated rings. The first-order valence-corrected chi connectivity index (χ1v) is 11.4. The van der Waals surface area contributed by atoms with E-state index in [4.69, 9.17) is 4.74 Å². The molecule has 0 bridgehead atoms. The third-order valence-corrected chi connectivity index (χ3v) is 5.28. The zero-order chi connectivity index (χ0) is 23.7. The second-order valence-corrected chi connectivity index (χ2v) is 9.31. The van der Waals surface area contributed by atoms with Crippen LogP contribution in [-0.4, -0.2) is 28.3 Å². The summed E-state index contributed by atoms with van der Waals surface area (Å²) in [6.45, 7) is 6.65. The van der Waals surface area contributed by atoms with Crippen molar-refractivity contribution in [1.82, 2.24) is 4.90 Å². The summed E-state index contributed by atoms with van der Waals surface area (Å²) in [7, 11) is 0. The van der Waals surface area contributed by atoms with Crippen molar-refractivity contribution >= 4 is 11.8 Å². The molecule has 1 atom stereocenters. The van der Waals surface area contributed by atoms with Crippen molar-refractivity contribution in [3.8, 4) is 0 Å². The van der Waals surface area contributed by atoms with Crippen molar-refractivity contribution in [1.29, 1.82) is 0 Å². The van der Waals surface area contributed by atoms with Crippen LogP contribution in [0.1, 0.15) is 43.9 Å². The summed E-state index contributed by atoms with van der Waals surface area (Å²) in [5, 5.41) is 0. The minimum atomic E-state index is -0.625. The molecule has 0 aliphatic rings. The van der Waals surface area contributed by atoms with Gasteiger partial charge in [-0.05, 0) is 43.9 Å². The number of nitrogens with zero attached hydrogens (tertiary/aromatic N) is 1. The van der Waals surface area contributed by atoms with Crippen LogP contribution in [0.2, 0.25) is 0 Å². The standard InChI is InChI=1S/C29H33NO3/c1-29(2,3)33-28(32)20-27(31)26(19-23-13-7-4-8-14-23)30(21-24-15-9-5-10-16-24)22-25-17-11-6-12-18-25/h4-18,26H,19-22H2,1-3H3/t26-/m0/s1. The third-order valence-electron chi connectivity index (χ3n) is 5.28. The number of carbonyl (C=O) groups excluding carboxylic acids is 2. The van der Waals surface area contributed by atoms with Gasteiger partial charge in [-0.1, -0.05) is 91.0 Å². The fraction of sp³-hybridized carbons (Fsp3) is 0.310. The number of ether oxygens (including phenoxy) is 1. The van der Waals surface area contributed by atoms with Crippen LogP contribution in [0.5, 0.6) is 0 Å². The van der Waals surface area contributed by atoms with E-state index in [0.717, 1.165) is 16.7 Å². The average Bonchev–Trinajstić information content (AvgIpc) is 2.78. The molecular weight excluding hydrogens is 410 g/mol. The first-order valence-electron chi connectivity index (χ1n) is 11.4. The topological polar surface area (TPSA) is 46.6 Å². The van der Waals surface area contributed by atoms with E-state index < -0.39 is 17.6 Å². The summed E-state index contributed by atoms with van der Waals surface area (Å²) >= 11 is 0. The van der Waals surface area contributed by atoms with Gasteiger partial charge in [0.25, 0.3) is 0 Å². The molecule has 4 nitrogen and oxygen atoms in total. The zero-order valence-electron chi connectivity index (χ0n) is 19.7. The maximum absolute atomic E-state index is 13.5. The molecule has 0 amide bonds. The largest absolute Gasteiger partial charge is 0.460 e. The second-order valence-electron chi connectivity index (χ2n) is 9.31. The predicted molar refractivity (Wildman–Crippen MR) is 132 cm³/mol. The maximum atomic E-state index is 13.5. The lowest BCUT2D eigenvalue weighted by Gasteiger charge is -2.31. The van der Waals surface area contributed by atoms with Gasteiger partial charge in [0.2, 0.25) is 0 Å². The van der Waals surface area contributed by atoms with E-state index >= 15 is 0 Å². The fourth-order valence-electron chi connectivity index (χ4n) is 3.83. The number of rotatable bonds is 10. The van der Waals surface area contributed by atoms with Crippen molar-refractivity contribution in [2.75, 3.05) is 0 Å². The first-order chi connectivity index (χ1) is 15.8. The average molecular weight is 444 g/mol. The first kappa shape index (κ1) is 24.4. The van der Waals surface area contributed by atoms with E-state index in [1.165, 1.54) is 0 Å². The van der Waals surface area contributed by atoms with Gasteiger partial charge in [-0.2, -0.15) is 0 Å². The van der Waals surface area contributed by atoms with E-state index in [0.29, 0.717) is 19.5 Å². The highest BCUT2D eigenvalue weighted by atomic mass is 16.6. The summed E-state index contributed by atoms with van der Waals surface area (Å²) in [4.78, 5) is 28.2. The minimum Gasteiger partial charge on any atom is -0.460 e. The molecule has 3 aromatic carbocycles. The lowest BCUT2D eigenvalue weighted by atomic mass is 9.97. The van der Waals surface area contributed by atoms with Gasteiger partial charge in [0, 0.05) is 13.1 Å². The summed E-state index contributed by atoms with van der Waals surface area (Å²) < 4.78 is 5.45. The van der Waals surface area contributed by atoms with Gasteiger partial charge in [0.05, 0.1) is 6.04 Å². The Morgan fingerprint density at radius 3 is 1.58 bits per heavy atom. The van der Waals surface area contributed by atoms with Crippen molar-refractivity contribution in [3.05, 3.63) is 108 Å². The van der Waals surface area contributed by atoms with Gasteiger partial charge < -0.3 is 4.74 Å². The molecule has 0 saturated carbocycles. The Kier molecular flexibility index (Phi) is 8.56. The summed E-state index contributed by atoms with van der Waals surface area (Å²) in [6, 6.07) is 29.8. The zero-order valence-corrected chi connectivity index (χ0v) is 19.7. The molecule has 4 heteroatoms. The molecule has 3 aromatic rings. The van der Waals surface area contributed by atoms with Gasteiger partial charge in [0.15, 0.2) is 5.78 Å². The molecule has 3 rings (SSSR count). The summed E-state index contributed by atoms with van der Waals surface area (Å²) in [5.74, 6) is -0.607. The summed E-state index contributed by atoms with van der Waals surface area (Å²) in [6.07, 6.45) is 0.289. The SMILES string of the molecule is CC(C)(C)OC(=O)CC(=O)[C@H](Cc1ccccc1)N(Cc1ccccc1)Cc1ccccc1. The van der Waals surface area contributed by atoms with Crippen LogP contribution < -0.4 is 0 Å². The number of hydrogen-bond donors (Lipinski definition) is 0. The van der Waals surface area contributed by atoms with E-state index in [1.807, 2.05) is 87.5 Å². The van der Waals surface area contributed by atoms with Crippen LogP contribution in [0.3, 0.4) is 0 Å². The molecule has 0 aliphatic heterocycles. The molecule has 0 aliphatic carbocycles. The molecule has 0 radical (unpaired) electrons. The Labute approximate surface area is 197 Å². The van der Waals surface area contributed by atoms with Gasteiger partial charge >= 0.3 is 5.97 Å². The quantitative estimate of drug-likeness (QED) is 0.302. The van der Waals surface area contributed by atoms with Crippen LogP contribution in [0, 0.1) is 0 Å². The molecule has 0 aromatic heterocycles. The Hall–Kier alpha value is -3.24. The van der Waals surface area contributed by atoms with Crippen LogP contribution in [0.4, 0.5) is 0 Å². The van der Waals surface area contributed by atoms with Crippen molar-refractivity contribution < 1.29 is 14.3 Å². The van der Waals surface area contributed by atoms with E-state index in [9.17, 15) is 9.59 Å². The summed E-state index contributed by atoms with van der Waals surface area (Å²) in [5.41, 5.74) is 2.68. The Bertz CT molecular complexity index is 969. The van der Waals surface area contributed by atoms with Crippen LogP contribution in [0.25, 0.3) is 0 Å². The second kappa shape index (κ2) is 11.6. The van der Waals surface area contributed by atoms with Crippen LogP contribution in [0.15, 0.2) is 91.0 Å². The molecule has 33 heavy (non-hydrogen) atoms. The Morgan fingerprint density at radius 1 is 0.727 bits per heavy atom. The Balaban J connectivity index is 1.90. The molecule has 0 saturated heterocycles. The highest BCUT2D eigenvalue weighted by Gasteiger charge is 2.29. The lowest BCUT2D eigenvalue weighted by Crippen LogP contribution is -2.43. The van der Waals surface area contributed by atoms with Crippen LogP contribution >= 0.6 is 0 Å². The van der Waals surface area contributed by atoms with Gasteiger partial charge in [-0.25, -0.2) is 0 Å². The molecule has 0 N–H and O–H groups in total. The third kappa shape index (κ3) is 8.32. The number of esters is 1. The number of hydrogen-bond acceptors (Lipinski definition) is 4. The lowest BCUT2D eigenvalue weighted by molar-refractivity contribution is -0.156. The normalized spacial score (nSPS) is 12.4. The minimum absolute atomic E-state index is 0.125. The van der Waals surface area contributed by atoms with Crippen LogP contribution in [-0.2, 0) is 33.8 Å².